The summed E-state index contributed by atoms with van der Waals surface area (Å²) >= 11 is 0.951. The van der Waals surface area contributed by atoms with E-state index in [1.807, 2.05) is 20.8 Å². The van der Waals surface area contributed by atoms with Crippen LogP contribution in [0.1, 0.15) is 65.8 Å². The molecular weight excluding hydrogens is 560 g/mol. The van der Waals surface area contributed by atoms with Gasteiger partial charge in [0.2, 0.25) is 0 Å². The Morgan fingerprint density at radius 3 is 2.52 bits per heavy atom. The maximum Gasteiger partial charge on any atom is 0.350 e. The van der Waals surface area contributed by atoms with Crippen LogP contribution in [0.25, 0.3) is 5.76 Å². The van der Waals surface area contributed by atoms with E-state index in [2.05, 4.69) is 4.98 Å². The number of nitrogens with zero attached hydrogens (tertiary/aromatic N) is 2. The molecule has 1 fully saturated rings. The number of carbonyl (C=O) groups is 3. The number of hydrogen-bond donors (Lipinski definition) is 1. The van der Waals surface area contributed by atoms with Crippen LogP contribution in [-0.4, -0.2) is 53.7 Å². The molecule has 2 aromatic carbocycles. The molecule has 0 aliphatic carbocycles. The first-order chi connectivity index (χ1) is 20.2. The third kappa shape index (κ3) is 5.20. The Labute approximate surface area is 247 Å². The third-order valence-electron chi connectivity index (χ3n) is 6.95. The summed E-state index contributed by atoms with van der Waals surface area (Å²) in [6.07, 6.45) is 0.644. The lowest BCUT2D eigenvalue weighted by Gasteiger charge is -2.24. The summed E-state index contributed by atoms with van der Waals surface area (Å²) in [5.74, 6) is -1.00. The Hall–Kier alpha value is -4.38. The molecule has 2 aliphatic rings. The van der Waals surface area contributed by atoms with Gasteiger partial charge in [-0.1, -0.05) is 17.4 Å². The van der Waals surface area contributed by atoms with Gasteiger partial charge in [0.25, 0.3) is 5.78 Å². The highest BCUT2D eigenvalue weighted by molar-refractivity contribution is 7.17. The van der Waals surface area contributed by atoms with Crippen molar-refractivity contribution in [2.24, 2.45) is 0 Å². The quantitative estimate of drug-likeness (QED) is 0.151. The van der Waals surface area contributed by atoms with Gasteiger partial charge in [0.05, 0.1) is 37.1 Å². The third-order valence-corrected chi connectivity index (χ3v) is 8.09. The highest BCUT2D eigenvalue weighted by Gasteiger charge is 2.49. The molecule has 11 heteroatoms. The van der Waals surface area contributed by atoms with Gasteiger partial charge >= 0.3 is 11.9 Å². The molecule has 2 aliphatic heterocycles. The predicted octanol–water partition coefficient (Wildman–Crippen LogP) is 5.38. The summed E-state index contributed by atoms with van der Waals surface area (Å²) in [4.78, 5) is 45.8. The second-order valence-electron chi connectivity index (χ2n) is 9.83. The summed E-state index contributed by atoms with van der Waals surface area (Å²) in [7, 11) is 0. The van der Waals surface area contributed by atoms with E-state index in [1.54, 1.807) is 50.2 Å². The van der Waals surface area contributed by atoms with E-state index >= 15 is 0 Å². The number of rotatable bonds is 9. The lowest BCUT2D eigenvalue weighted by atomic mass is 9.94. The number of fused-ring (bicyclic) bond motifs is 1. The van der Waals surface area contributed by atoms with Gasteiger partial charge in [0.15, 0.2) is 16.6 Å². The Balaban J connectivity index is 1.69. The van der Waals surface area contributed by atoms with Crippen molar-refractivity contribution in [2.75, 3.05) is 24.7 Å². The second kappa shape index (κ2) is 11.8. The topological polar surface area (TPSA) is 124 Å². The fourth-order valence-electron chi connectivity index (χ4n) is 5.18. The molecule has 1 amide bonds. The van der Waals surface area contributed by atoms with Crippen LogP contribution in [0.15, 0.2) is 42.0 Å². The molecule has 1 aromatic heterocycles. The summed E-state index contributed by atoms with van der Waals surface area (Å²) in [5.41, 5.74) is 2.03. The van der Waals surface area contributed by atoms with Crippen molar-refractivity contribution >= 4 is 39.9 Å². The smallest absolute Gasteiger partial charge is 0.350 e. The normalized spacial score (nSPS) is 19.0. The maximum absolute atomic E-state index is 13.7. The SMILES string of the molecule is CCOC(=O)c1sc(N2C(=O)C(=O)C(=C(O)c3ccc4c(c3)C[C@@H](C)O4)[C@@H]2c2ccc(OCC)c(OCC)c2)nc1C. The van der Waals surface area contributed by atoms with Crippen molar-refractivity contribution in [3.8, 4) is 17.2 Å². The van der Waals surface area contributed by atoms with E-state index in [4.69, 9.17) is 18.9 Å². The number of aromatic nitrogens is 1. The zero-order valence-corrected chi connectivity index (χ0v) is 24.9. The van der Waals surface area contributed by atoms with Crippen molar-refractivity contribution in [3.05, 3.63) is 69.2 Å². The molecule has 0 bridgehead atoms. The van der Waals surface area contributed by atoms with E-state index in [0.717, 1.165) is 16.9 Å². The second-order valence-corrected chi connectivity index (χ2v) is 10.8. The van der Waals surface area contributed by atoms with E-state index in [9.17, 15) is 19.5 Å². The summed E-state index contributed by atoms with van der Waals surface area (Å²) in [5, 5.41) is 11.8. The van der Waals surface area contributed by atoms with Gasteiger partial charge in [-0.15, -0.1) is 0 Å². The standard InChI is InChI=1S/C31H32N2O8S/c1-6-38-22-12-9-18(15-23(22)39-7-2)25-24(26(34)19-10-11-21-20(14-19)13-16(4)41-21)27(35)29(36)33(25)31-32-17(5)28(42-31)30(37)40-8-3/h9-12,14-16,25,34H,6-8,13H2,1-5H3/t16-,25+/m1/s1. The predicted molar refractivity (Wildman–Crippen MR) is 157 cm³/mol. The minimum Gasteiger partial charge on any atom is -0.507 e. The van der Waals surface area contributed by atoms with Crippen molar-refractivity contribution in [3.63, 3.8) is 0 Å². The van der Waals surface area contributed by atoms with Crippen LogP contribution in [-0.2, 0) is 20.7 Å². The molecule has 5 rings (SSSR count). The molecule has 2 atom stereocenters. The first kappa shape index (κ1) is 29.1. The highest BCUT2D eigenvalue weighted by Crippen LogP contribution is 2.46. The summed E-state index contributed by atoms with van der Waals surface area (Å²) in [6, 6.07) is 9.23. The van der Waals surface area contributed by atoms with Gasteiger partial charge in [-0.05, 0) is 76.1 Å². The molecule has 0 spiro atoms. The number of amides is 1. The van der Waals surface area contributed by atoms with Crippen LogP contribution in [0, 0.1) is 6.92 Å². The first-order valence-electron chi connectivity index (χ1n) is 13.8. The minimum atomic E-state index is -1.07. The molecule has 0 saturated carbocycles. The number of esters is 1. The molecule has 0 radical (unpaired) electrons. The minimum absolute atomic E-state index is 0.00875. The summed E-state index contributed by atoms with van der Waals surface area (Å²) in [6.45, 7) is 9.91. The Bertz CT molecular complexity index is 1590. The zero-order chi connectivity index (χ0) is 30.1. The van der Waals surface area contributed by atoms with Crippen LogP contribution in [0.4, 0.5) is 5.13 Å². The lowest BCUT2D eigenvalue weighted by Crippen LogP contribution is -2.29. The van der Waals surface area contributed by atoms with Gasteiger partial charge in [0, 0.05) is 12.0 Å². The Morgan fingerprint density at radius 2 is 1.81 bits per heavy atom. The first-order valence-corrected chi connectivity index (χ1v) is 14.6. The van der Waals surface area contributed by atoms with Crippen LogP contribution in [0.3, 0.4) is 0 Å². The number of hydrogen-bond acceptors (Lipinski definition) is 10. The lowest BCUT2D eigenvalue weighted by molar-refractivity contribution is -0.132. The van der Waals surface area contributed by atoms with Crippen molar-refractivity contribution in [1.29, 1.82) is 0 Å². The van der Waals surface area contributed by atoms with Crippen LogP contribution >= 0.6 is 11.3 Å². The average Bonchev–Trinajstić information content (AvgIpc) is 3.61. The number of Topliss-reactive ketones (excluding diaryl/α,β-unsaturated/α-hetero) is 1. The van der Waals surface area contributed by atoms with E-state index < -0.39 is 23.7 Å². The number of anilines is 1. The van der Waals surface area contributed by atoms with Crippen molar-refractivity contribution in [1.82, 2.24) is 4.98 Å². The van der Waals surface area contributed by atoms with Crippen molar-refractivity contribution < 1.29 is 38.4 Å². The molecule has 1 N–H and O–H groups in total. The number of benzene rings is 2. The van der Waals surface area contributed by atoms with Gasteiger partial charge in [-0.25, -0.2) is 9.78 Å². The Morgan fingerprint density at radius 1 is 1.07 bits per heavy atom. The molecule has 3 aromatic rings. The van der Waals surface area contributed by atoms with Gasteiger partial charge in [-0.3, -0.25) is 14.5 Å². The number of ether oxygens (including phenoxy) is 4. The van der Waals surface area contributed by atoms with Gasteiger partial charge in [-0.2, -0.15) is 0 Å². The largest absolute Gasteiger partial charge is 0.507 e. The summed E-state index contributed by atoms with van der Waals surface area (Å²) < 4.78 is 22.5. The molecular formula is C31H32N2O8S. The van der Waals surface area contributed by atoms with Crippen LogP contribution in [0.5, 0.6) is 17.2 Å². The highest BCUT2D eigenvalue weighted by atomic mass is 32.1. The van der Waals surface area contributed by atoms with E-state index in [-0.39, 0.29) is 34.1 Å². The molecule has 0 unspecified atom stereocenters. The van der Waals surface area contributed by atoms with Crippen LogP contribution in [0.2, 0.25) is 0 Å². The van der Waals surface area contributed by atoms with Gasteiger partial charge < -0.3 is 24.1 Å². The number of aliphatic hydroxyl groups excluding tert-OH is 1. The molecule has 3 heterocycles. The van der Waals surface area contributed by atoms with E-state index in [0.29, 0.717) is 53.7 Å². The number of aryl methyl sites for hydroxylation is 1. The molecule has 10 nitrogen and oxygen atoms in total. The van der Waals surface area contributed by atoms with Crippen LogP contribution < -0.4 is 19.1 Å². The number of carbonyl (C=O) groups excluding carboxylic acids is 3. The number of aliphatic hydroxyl groups is 1. The van der Waals surface area contributed by atoms with E-state index in [1.165, 1.54) is 4.90 Å². The average molecular weight is 593 g/mol. The van der Waals surface area contributed by atoms with Gasteiger partial charge in [0.1, 0.15) is 22.5 Å². The monoisotopic (exact) mass is 592 g/mol. The molecule has 1 saturated heterocycles. The number of thiazole rings is 1. The fourth-order valence-corrected chi connectivity index (χ4v) is 6.17. The molecule has 220 valence electrons. The molecule has 42 heavy (non-hydrogen) atoms. The number of ketones is 1. The zero-order valence-electron chi connectivity index (χ0n) is 24.1. The maximum atomic E-state index is 13.7. The fraction of sp³-hybridized carbons (Fsp3) is 0.355. The Kier molecular flexibility index (Phi) is 8.22. The van der Waals surface area contributed by atoms with Crippen molar-refractivity contribution in [2.45, 2.75) is 53.2 Å².